The summed E-state index contributed by atoms with van der Waals surface area (Å²) in [5.41, 5.74) is 0.911. The maximum Gasteiger partial charge on any atom is -0.0292 e. The summed E-state index contributed by atoms with van der Waals surface area (Å²) in [6.45, 7) is 2.51. The zero-order chi connectivity index (χ0) is 8.18. The molecule has 0 aliphatic heterocycles. The van der Waals surface area contributed by atoms with E-state index >= 15 is 0 Å². The molecule has 68 valence electrons. The Morgan fingerprint density at radius 1 is 1.08 bits per heavy atom. The van der Waals surface area contributed by atoms with Gasteiger partial charge in [-0.25, -0.2) is 0 Å². The van der Waals surface area contributed by atoms with Crippen LogP contribution in [0.3, 0.4) is 0 Å². The molecule has 3 rings (SSSR count). The average molecular weight is 164 g/mol. The molecule has 0 bridgehead atoms. The van der Waals surface area contributed by atoms with Crippen LogP contribution in [-0.4, -0.2) is 0 Å². The SMILES string of the molecule is C[C@@H](C1CC1)C1CC2(CCC2)C1. The van der Waals surface area contributed by atoms with Crippen molar-refractivity contribution in [3.8, 4) is 0 Å². The molecule has 0 heteroatoms. The van der Waals surface area contributed by atoms with Crippen LogP contribution in [-0.2, 0) is 0 Å². The minimum Gasteiger partial charge on any atom is -0.0620 e. The van der Waals surface area contributed by atoms with Crippen LogP contribution in [0.2, 0.25) is 0 Å². The van der Waals surface area contributed by atoms with Crippen LogP contribution in [0.1, 0.15) is 51.9 Å². The lowest BCUT2D eigenvalue weighted by molar-refractivity contribution is -0.0506. The maximum absolute atomic E-state index is 2.51. The first-order valence-corrected chi connectivity index (χ1v) is 5.79. The van der Waals surface area contributed by atoms with Crippen molar-refractivity contribution in [3.05, 3.63) is 0 Å². The Labute approximate surface area is 75.7 Å². The molecule has 0 aromatic rings. The predicted molar refractivity (Wildman–Crippen MR) is 50.9 cm³/mol. The molecule has 1 spiro atoms. The highest BCUT2D eigenvalue weighted by atomic mass is 14.6. The van der Waals surface area contributed by atoms with Gasteiger partial charge in [0.05, 0.1) is 0 Å². The van der Waals surface area contributed by atoms with Crippen molar-refractivity contribution < 1.29 is 0 Å². The highest BCUT2D eigenvalue weighted by molar-refractivity contribution is 5.02. The van der Waals surface area contributed by atoms with Gasteiger partial charge in [0.2, 0.25) is 0 Å². The monoisotopic (exact) mass is 164 g/mol. The van der Waals surface area contributed by atoms with Crippen LogP contribution >= 0.6 is 0 Å². The molecular weight excluding hydrogens is 144 g/mol. The van der Waals surface area contributed by atoms with Gasteiger partial charge in [0.1, 0.15) is 0 Å². The topological polar surface area (TPSA) is 0 Å². The summed E-state index contributed by atoms with van der Waals surface area (Å²) in [5, 5.41) is 0. The number of hydrogen-bond donors (Lipinski definition) is 0. The van der Waals surface area contributed by atoms with Crippen molar-refractivity contribution >= 4 is 0 Å². The van der Waals surface area contributed by atoms with E-state index in [1.165, 1.54) is 6.42 Å². The van der Waals surface area contributed by atoms with Gasteiger partial charge in [0, 0.05) is 0 Å². The standard InChI is InChI=1S/C12H20/c1-9(10-3-4-10)11-7-12(8-11)5-2-6-12/h9-11H,2-8H2,1H3/t9-/m0/s1. The van der Waals surface area contributed by atoms with Crippen molar-refractivity contribution in [3.63, 3.8) is 0 Å². The zero-order valence-corrected chi connectivity index (χ0v) is 8.18. The molecule has 3 aliphatic rings. The molecular formula is C12H20. The van der Waals surface area contributed by atoms with Gasteiger partial charge in [-0.15, -0.1) is 0 Å². The van der Waals surface area contributed by atoms with Crippen molar-refractivity contribution in [2.75, 3.05) is 0 Å². The Morgan fingerprint density at radius 2 is 1.75 bits per heavy atom. The van der Waals surface area contributed by atoms with E-state index in [9.17, 15) is 0 Å². The number of rotatable bonds is 2. The number of hydrogen-bond acceptors (Lipinski definition) is 0. The molecule has 0 amide bonds. The van der Waals surface area contributed by atoms with Gasteiger partial charge in [-0.3, -0.25) is 0 Å². The molecule has 0 aromatic heterocycles. The normalized spacial score (nSPS) is 35.8. The van der Waals surface area contributed by atoms with E-state index in [-0.39, 0.29) is 0 Å². The van der Waals surface area contributed by atoms with Crippen LogP contribution in [0.15, 0.2) is 0 Å². The fraction of sp³-hybridized carbons (Fsp3) is 1.00. The van der Waals surface area contributed by atoms with Gasteiger partial charge < -0.3 is 0 Å². The van der Waals surface area contributed by atoms with Gasteiger partial charge >= 0.3 is 0 Å². The minimum atomic E-state index is 0.911. The highest BCUT2D eigenvalue weighted by Gasteiger charge is 2.51. The van der Waals surface area contributed by atoms with E-state index in [1.807, 2.05) is 0 Å². The lowest BCUT2D eigenvalue weighted by Crippen LogP contribution is -2.45. The quantitative estimate of drug-likeness (QED) is 0.585. The van der Waals surface area contributed by atoms with E-state index in [0.717, 1.165) is 23.2 Å². The molecule has 0 heterocycles. The zero-order valence-electron chi connectivity index (χ0n) is 8.18. The Morgan fingerprint density at radius 3 is 2.17 bits per heavy atom. The van der Waals surface area contributed by atoms with Crippen LogP contribution in [0.5, 0.6) is 0 Å². The van der Waals surface area contributed by atoms with E-state index in [0.29, 0.717) is 0 Å². The van der Waals surface area contributed by atoms with Crippen LogP contribution in [0.4, 0.5) is 0 Å². The molecule has 0 nitrogen and oxygen atoms in total. The van der Waals surface area contributed by atoms with Crippen LogP contribution in [0, 0.1) is 23.2 Å². The summed E-state index contributed by atoms with van der Waals surface area (Å²) >= 11 is 0. The minimum absolute atomic E-state index is 0.911. The maximum atomic E-state index is 2.51. The Balaban J connectivity index is 1.54. The van der Waals surface area contributed by atoms with Gasteiger partial charge in [-0.2, -0.15) is 0 Å². The molecule has 3 aliphatic carbocycles. The molecule has 12 heavy (non-hydrogen) atoms. The first-order valence-electron chi connectivity index (χ1n) is 5.79. The lowest BCUT2D eigenvalue weighted by Gasteiger charge is -2.56. The van der Waals surface area contributed by atoms with Crippen molar-refractivity contribution in [2.24, 2.45) is 23.2 Å². The van der Waals surface area contributed by atoms with E-state index < -0.39 is 0 Å². The summed E-state index contributed by atoms with van der Waals surface area (Å²) in [7, 11) is 0. The Hall–Kier alpha value is 0. The third-order valence-electron chi connectivity index (χ3n) is 4.91. The second-order valence-electron chi connectivity index (χ2n) is 5.72. The Bertz CT molecular complexity index is 178. The predicted octanol–water partition coefficient (Wildman–Crippen LogP) is 3.61. The van der Waals surface area contributed by atoms with Crippen LogP contribution in [0.25, 0.3) is 0 Å². The first-order chi connectivity index (χ1) is 5.79. The summed E-state index contributed by atoms with van der Waals surface area (Å²) < 4.78 is 0. The van der Waals surface area contributed by atoms with Gasteiger partial charge in [0.15, 0.2) is 0 Å². The third kappa shape index (κ3) is 0.963. The van der Waals surface area contributed by atoms with Crippen molar-refractivity contribution in [1.29, 1.82) is 0 Å². The fourth-order valence-electron chi connectivity index (χ4n) is 3.52. The second-order valence-corrected chi connectivity index (χ2v) is 5.72. The molecule has 0 aromatic carbocycles. The average Bonchev–Trinajstić information content (AvgIpc) is 2.59. The smallest absolute Gasteiger partial charge is 0.0292 e. The largest absolute Gasteiger partial charge is 0.0620 e. The van der Waals surface area contributed by atoms with E-state index in [2.05, 4.69) is 6.92 Å². The molecule has 0 radical (unpaired) electrons. The highest BCUT2D eigenvalue weighted by Crippen LogP contribution is 2.62. The third-order valence-corrected chi connectivity index (χ3v) is 4.91. The van der Waals surface area contributed by atoms with E-state index in [4.69, 9.17) is 0 Å². The van der Waals surface area contributed by atoms with Gasteiger partial charge in [0.25, 0.3) is 0 Å². The summed E-state index contributed by atoms with van der Waals surface area (Å²) in [6.07, 6.45) is 11.0. The first kappa shape index (κ1) is 7.41. The van der Waals surface area contributed by atoms with Crippen molar-refractivity contribution in [2.45, 2.75) is 51.9 Å². The van der Waals surface area contributed by atoms with Crippen molar-refractivity contribution in [1.82, 2.24) is 0 Å². The van der Waals surface area contributed by atoms with E-state index in [1.54, 1.807) is 38.5 Å². The lowest BCUT2D eigenvalue weighted by atomic mass is 9.49. The van der Waals surface area contributed by atoms with Crippen LogP contribution < -0.4 is 0 Å². The molecule has 3 saturated carbocycles. The Kier molecular flexibility index (Phi) is 1.40. The molecule has 1 atom stereocenters. The summed E-state index contributed by atoms with van der Waals surface area (Å²) in [5.74, 6) is 3.36. The fourth-order valence-corrected chi connectivity index (χ4v) is 3.52. The summed E-state index contributed by atoms with van der Waals surface area (Å²) in [6, 6.07) is 0. The molecule has 0 N–H and O–H groups in total. The summed E-state index contributed by atoms with van der Waals surface area (Å²) in [4.78, 5) is 0. The van der Waals surface area contributed by atoms with Gasteiger partial charge in [-0.05, 0) is 61.7 Å². The molecule has 0 unspecified atom stereocenters. The van der Waals surface area contributed by atoms with Gasteiger partial charge in [-0.1, -0.05) is 13.3 Å². The molecule has 0 saturated heterocycles. The molecule has 3 fully saturated rings. The second kappa shape index (κ2) is 2.27.